The van der Waals surface area contributed by atoms with Gasteiger partial charge in [0.25, 0.3) is 0 Å². The number of benzene rings is 1. The molecule has 3 nitrogen and oxygen atoms in total. The summed E-state index contributed by atoms with van der Waals surface area (Å²) < 4.78 is 1.07. The fraction of sp³-hybridized carbons (Fsp3) is 0.462. The summed E-state index contributed by atoms with van der Waals surface area (Å²) in [5.41, 5.74) is 1.61. The number of hydrogen-bond acceptors (Lipinski definition) is 3. The summed E-state index contributed by atoms with van der Waals surface area (Å²) in [4.78, 5) is 0. The van der Waals surface area contributed by atoms with Gasteiger partial charge in [0, 0.05) is 9.61 Å². The van der Waals surface area contributed by atoms with Crippen LogP contribution in [0.5, 0.6) is 0 Å². The average molecular weight is 342 g/mol. The fourth-order valence-corrected chi connectivity index (χ4v) is 2.67. The van der Waals surface area contributed by atoms with Crippen molar-refractivity contribution in [3.05, 3.63) is 27.3 Å². The largest absolute Gasteiger partial charge is 0.393 e. The molecule has 1 aromatic carbocycles. The molecule has 0 spiro atoms. The number of rotatable bonds is 2. The van der Waals surface area contributed by atoms with E-state index in [9.17, 15) is 5.11 Å². The number of nitrogens with zero attached hydrogens (tertiary/aromatic N) is 1. The van der Waals surface area contributed by atoms with Crippen molar-refractivity contribution in [1.29, 1.82) is 5.26 Å². The molecule has 1 saturated carbocycles. The lowest BCUT2D eigenvalue weighted by Crippen LogP contribution is -2.28. The van der Waals surface area contributed by atoms with E-state index in [2.05, 4.69) is 34.0 Å². The number of halogens is 1. The Morgan fingerprint density at radius 1 is 1.29 bits per heavy atom. The zero-order valence-corrected chi connectivity index (χ0v) is 11.6. The summed E-state index contributed by atoms with van der Waals surface area (Å²) in [5.74, 6) is 0. The van der Waals surface area contributed by atoms with E-state index in [0.29, 0.717) is 11.6 Å². The molecule has 0 saturated heterocycles. The van der Waals surface area contributed by atoms with Gasteiger partial charge in [-0.3, -0.25) is 0 Å². The topological polar surface area (TPSA) is 56.0 Å². The van der Waals surface area contributed by atoms with Crippen molar-refractivity contribution in [1.82, 2.24) is 0 Å². The third kappa shape index (κ3) is 3.33. The van der Waals surface area contributed by atoms with Gasteiger partial charge >= 0.3 is 0 Å². The molecule has 0 amide bonds. The second kappa shape index (κ2) is 5.69. The van der Waals surface area contributed by atoms with Gasteiger partial charge in [0.05, 0.1) is 17.4 Å². The average Bonchev–Trinajstić information content (AvgIpc) is 2.34. The van der Waals surface area contributed by atoms with Gasteiger partial charge in [-0.05, 0) is 66.5 Å². The Labute approximate surface area is 115 Å². The fourth-order valence-electron chi connectivity index (χ4n) is 2.17. The highest BCUT2D eigenvalue weighted by atomic mass is 127. The van der Waals surface area contributed by atoms with Gasteiger partial charge in [0.1, 0.15) is 6.07 Å². The van der Waals surface area contributed by atoms with Crippen LogP contribution >= 0.6 is 22.6 Å². The zero-order chi connectivity index (χ0) is 12.3. The summed E-state index contributed by atoms with van der Waals surface area (Å²) in [5, 5.41) is 21.9. The minimum Gasteiger partial charge on any atom is -0.393 e. The Hall–Kier alpha value is -0.800. The molecule has 1 aromatic rings. The molecule has 1 fully saturated rings. The van der Waals surface area contributed by atoms with Crippen molar-refractivity contribution >= 4 is 28.3 Å². The molecular weight excluding hydrogens is 327 g/mol. The lowest BCUT2D eigenvalue weighted by Gasteiger charge is -2.27. The van der Waals surface area contributed by atoms with Gasteiger partial charge in [-0.15, -0.1) is 0 Å². The van der Waals surface area contributed by atoms with Gasteiger partial charge < -0.3 is 10.4 Å². The van der Waals surface area contributed by atoms with Gasteiger partial charge in [-0.2, -0.15) is 5.26 Å². The molecule has 0 aromatic heterocycles. The number of hydrogen-bond donors (Lipinski definition) is 2. The molecule has 1 aliphatic carbocycles. The number of anilines is 1. The van der Waals surface area contributed by atoms with Crippen molar-refractivity contribution in [2.75, 3.05) is 5.32 Å². The number of aliphatic hydroxyl groups excluding tert-OH is 1. The van der Waals surface area contributed by atoms with Crippen molar-refractivity contribution in [3.8, 4) is 6.07 Å². The van der Waals surface area contributed by atoms with Gasteiger partial charge in [-0.1, -0.05) is 0 Å². The summed E-state index contributed by atoms with van der Waals surface area (Å²) >= 11 is 2.21. The van der Waals surface area contributed by atoms with Crippen LogP contribution < -0.4 is 5.32 Å². The molecule has 0 heterocycles. The first-order valence-electron chi connectivity index (χ1n) is 5.83. The monoisotopic (exact) mass is 342 g/mol. The molecular formula is C13H15IN2O. The van der Waals surface area contributed by atoms with E-state index in [1.807, 2.05) is 18.2 Å². The molecule has 2 N–H and O–H groups in total. The minimum atomic E-state index is -0.139. The highest BCUT2D eigenvalue weighted by molar-refractivity contribution is 14.1. The van der Waals surface area contributed by atoms with E-state index in [1.54, 1.807) is 0 Å². The predicted molar refractivity (Wildman–Crippen MR) is 75.8 cm³/mol. The third-order valence-corrected chi connectivity index (χ3v) is 3.83. The van der Waals surface area contributed by atoms with Gasteiger partial charge in [0.15, 0.2) is 0 Å². The van der Waals surface area contributed by atoms with Crippen LogP contribution in [0.25, 0.3) is 0 Å². The molecule has 0 radical (unpaired) electrons. The lowest BCUT2D eigenvalue weighted by atomic mass is 9.93. The van der Waals surface area contributed by atoms with E-state index in [4.69, 9.17) is 5.26 Å². The first-order chi connectivity index (χ1) is 8.19. The van der Waals surface area contributed by atoms with Crippen molar-refractivity contribution in [3.63, 3.8) is 0 Å². The van der Waals surface area contributed by atoms with Crippen molar-refractivity contribution in [2.45, 2.75) is 37.8 Å². The molecule has 90 valence electrons. The predicted octanol–water partition coefficient (Wildman–Crippen LogP) is 2.88. The lowest BCUT2D eigenvalue weighted by molar-refractivity contribution is 0.126. The number of aliphatic hydroxyl groups is 1. The molecule has 4 heteroatoms. The molecule has 0 atom stereocenters. The summed E-state index contributed by atoms with van der Waals surface area (Å²) in [6, 6.07) is 8.45. The van der Waals surface area contributed by atoms with E-state index >= 15 is 0 Å². The maximum atomic E-state index is 9.45. The highest BCUT2D eigenvalue weighted by Crippen LogP contribution is 2.24. The first kappa shape index (κ1) is 12.7. The second-order valence-corrected chi connectivity index (χ2v) is 5.70. The molecule has 2 rings (SSSR count). The Bertz CT molecular complexity index is 434. The summed E-state index contributed by atoms with van der Waals surface area (Å²) in [7, 11) is 0. The summed E-state index contributed by atoms with van der Waals surface area (Å²) in [6.45, 7) is 0. The maximum Gasteiger partial charge on any atom is 0.101 e. The zero-order valence-electron chi connectivity index (χ0n) is 9.49. The smallest absolute Gasteiger partial charge is 0.101 e. The summed E-state index contributed by atoms with van der Waals surface area (Å²) in [6.07, 6.45) is 3.50. The Morgan fingerprint density at radius 2 is 2.00 bits per heavy atom. The van der Waals surface area contributed by atoms with Crippen molar-refractivity contribution < 1.29 is 5.11 Å². The SMILES string of the molecule is N#Cc1cc(I)ccc1N[C@H]1CC[C@H](O)CC1. The van der Waals surface area contributed by atoms with E-state index in [-0.39, 0.29) is 6.10 Å². The van der Waals surface area contributed by atoms with Gasteiger partial charge in [-0.25, -0.2) is 0 Å². The van der Waals surface area contributed by atoms with Crippen LogP contribution in [0.4, 0.5) is 5.69 Å². The van der Waals surface area contributed by atoms with Crippen LogP contribution in [-0.4, -0.2) is 17.3 Å². The molecule has 0 unspecified atom stereocenters. The molecule has 1 aliphatic rings. The van der Waals surface area contributed by atoms with Gasteiger partial charge in [0.2, 0.25) is 0 Å². The number of nitriles is 1. The molecule has 0 bridgehead atoms. The van der Waals surface area contributed by atoms with Crippen LogP contribution in [0.1, 0.15) is 31.2 Å². The van der Waals surface area contributed by atoms with Crippen LogP contribution in [0.15, 0.2) is 18.2 Å². The maximum absolute atomic E-state index is 9.45. The molecule has 0 aliphatic heterocycles. The first-order valence-corrected chi connectivity index (χ1v) is 6.91. The quantitative estimate of drug-likeness (QED) is 0.813. The Kier molecular flexibility index (Phi) is 4.24. The van der Waals surface area contributed by atoms with Crippen LogP contribution in [0.3, 0.4) is 0 Å². The Morgan fingerprint density at radius 3 is 2.65 bits per heavy atom. The van der Waals surface area contributed by atoms with Crippen molar-refractivity contribution in [2.24, 2.45) is 0 Å². The standard InChI is InChI=1S/C13H15IN2O/c14-10-1-6-13(9(7-10)8-15)16-11-2-4-12(17)5-3-11/h1,6-7,11-12,16-17H,2-5H2/t11-,12-. The van der Waals surface area contributed by atoms with Crippen LogP contribution in [0.2, 0.25) is 0 Å². The third-order valence-electron chi connectivity index (χ3n) is 3.16. The van der Waals surface area contributed by atoms with Crippen LogP contribution in [-0.2, 0) is 0 Å². The van der Waals surface area contributed by atoms with E-state index in [0.717, 1.165) is 34.9 Å². The van der Waals surface area contributed by atoms with E-state index < -0.39 is 0 Å². The minimum absolute atomic E-state index is 0.139. The normalized spacial score (nSPS) is 24.1. The van der Waals surface area contributed by atoms with E-state index in [1.165, 1.54) is 0 Å². The Balaban J connectivity index is 2.06. The molecule has 17 heavy (non-hydrogen) atoms. The second-order valence-electron chi connectivity index (χ2n) is 4.45. The number of nitrogens with one attached hydrogen (secondary N) is 1. The highest BCUT2D eigenvalue weighted by Gasteiger charge is 2.19. The van der Waals surface area contributed by atoms with Crippen LogP contribution in [0, 0.1) is 14.9 Å².